The number of amides is 1. The van der Waals surface area contributed by atoms with Gasteiger partial charge in [0.05, 0.1) is 6.54 Å². The number of rotatable bonds is 0. The second kappa shape index (κ2) is 3.93. The second-order valence-corrected chi connectivity index (χ2v) is 4.84. The van der Waals surface area contributed by atoms with Crippen LogP contribution in [0.15, 0.2) is 0 Å². The molecule has 0 aliphatic carbocycles. The minimum absolute atomic E-state index is 0.154. The van der Waals surface area contributed by atoms with E-state index in [-0.39, 0.29) is 6.54 Å². The van der Waals surface area contributed by atoms with Crippen molar-refractivity contribution in [3.63, 3.8) is 0 Å². The first-order valence-electron chi connectivity index (χ1n) is 4.97. The zero-order chi connectivity index (χ0) is 12.6. The first-order valence-corrected chi connectivity index (χ1v) is 4.97. The first-order chi connectivity index (χ1) is 7.15. The Labute approximate surface area is 93.7 Å². The molecule has 3 nitrogen and oxygen atoms in total. The second-order valence-electron chi connectivity index (χ2n) is 4.84. The van der Waals surface area contributed by atoms with E-state index < -0.39 is 30.1 Å². The van der Waals surface area contributed by atoms with Gasteiger partial charge < -0.3 is 9.64 Å². The van der Waals surface area contributed by atoms with Gasteiger partial charge in [0.2, 0.25) is 0 Å². The van der Waals surface area contributed by atoms with E-state index in [0.717, 1.165) is 4.90 Å². The summed E-state index contributed by atoms with van der Waals surface area (Å²) in [5.74, 6) is -2.24. The number of carbonyl (C=O) groups excluding carboxylic acids is 1. The summed E-state index contributed by atoms with van der Waals surface area (Å²) < 4.78 is 31.5. The van der Waals surface area contributed by atoms with Crippen LogP contribution in [0.2, 0.25) is 0 Å². The summed E-state index contributed by atoms with van der Waals surface area (Å²) in [4.78, 5) is 12.5. The van der Waals surface area contributed by atoms with Crippen molar-refractivity contribution < 1.29 is 18.3 Å². The van der Waals surface area contributed by atoms with Crippen molar-refractivity contribution in [1.29, 1.82) is 0 Å². The minimum atomic E-state index is -3.02. The smallest absolute Gasteiger partial charge is 0.410 e. The molecule has 1 unspecified atom stereocenters. The van der Waals surface area contributed by atoms with Crippen LogP contribution >= 0.6 is 0 Å². The van der Waals surface area contributed by atoms with E-state index in [1.165, 1.54) is 0 Å². The van der Waals surface area contributed by atoms with Crippen molar-refractivity contribution in [3.05, 3.63) is 0 Å². The van der Waals surface area contributed by atoms with Crippen molar-refractivity contribution in [2.45, 2.75) is 32.3 Å². The molecule has 0 aromatic rings. The van der Waals surface area contributed by atoms with Crippen LogP contribution in [-0.4, -0.2) is 35.6 Å². The topological polar surface area (TPSA) is 29.5 Å². The molecule has 0 aromatic heterocycles. The highest BCUT2D eigenvalue weighted by Crippen LogP contribution is 2.33. The zero-order valence-electron chi connectivity index (χ0n) is 9.59. The van der Waals surface area contributed by atoms with Gasteiger partial charge in [-0.25, -0.2) is 13.6 Å². The van der Waals surface area contributed by atoms with E-state index >= 15 is 0 Å². The van der Waals surface area contributed by atoms with E-state index in [4.69, 9.17) is 11.2 Å². The Morgan fingerprint density at radius 2 is 2.12 bits per heavy atom. The molecular weight excluding hydrogens is 216 g/mol. The van der Waals surface area contributed by atoms with E-state index in [9.17, 15) is 13.6 Å². The van der Waals surface area contributed by atoms with Gasteiger partial charge in [0.1, 0.15) is 11.5 Å². The summed E-state index contributed by atoms with van der Waals surface area (Å²) in [7, 11) is 0. The number of hydrogen-bond acceptors (Lipinski definition) is 2. The number of halogens is 2. The average Bonchev–Trinajstić information content (AvgIpc) is 2.37. The van der Waals surface area contributed by atoms with Crippen molar-refractivity contribution in [2.24, 2.45) is 5.92 Å². The highest BCUT2D eigenvalue weighted by Gasteiger charge is 2.49. The van der Waals surface area contributed by atoms with Gasteiger partial charge in [-0.1, -0.05) is 5.92 Å². The fraction of sp³-hybridized carbons (Fsp3) is 0.727. The Bertz CT molecular complexity index is 328. The molecule has 0 saturated carbocycles. The molecule has 1 saturated heterocycles. The molecule has 0 radical (unpaired) electrons. The number of terminal acetylenes is 1. The molecule has 0 bridgehead atoms. The van der Waals surface area contributed by atoms with Crippen LogP contribution in [-0.2, 0) is 4.74 Å². The lowest BCUT2D eigenvalue weighted by atomic mass is 10.1. The third-order valence-corrected chi connectivity index (χ3v) is 2.17. The SMILES string of the molecule is C#CC1CN(C(=O)OC(C)(C)C)CC1(F)F. The molecule has 1 atom stereocenters. The molecule has 0 aromatic carbocycles. The van der Waals surface area contributed by atoms with E-state index in [1.54, 1.807) is 20.8 Å². The standard InChI is InChI=1S/C11H15F2NO2/c1-5-8-6-14(7-11(8,12)13)9(15)16-10(2,3)4/h1,8H,6-7H2,2-4H3. The van der Waals surface area contributed by atoms with Gasteiger partial charge in [-0.2, -0.15) is 0 Å². The van der Waals surface area contributed by atoms with Gasteiger partial charge in [0.15, 0.2) is 0 Å². The summed E-state index contributed by atoms with van der Waals surface area (Å²) in [6.07, 6.45) is 4.24. The molecule has 16 heavy (non-hydrogen) atoms. The number of carbonyl (C=O) groups is 1. The number of nitrogens with zero attached hydrogens (tertiary/aromatic N) is 1. The van der Waals surface area contributed by atoms with Gasteiger partial charge in [0, 0.05) is 6.54 Å². The summed E-state index contributed by atoms with van der Waals surface area (Å²) in [6, 6.07) is 0. The molecule has 1 aliphatic heterocycles. The molecule has 1 aliphatic rings. The van der Waals surface area contributed by atoms with Crippen LogP contribution in [0.25, 0.3) is 0 Å². The van der Waals surface area contributed by atoms with Crippen molar-refractivity contribution >= 4 is 6.09 Å². The van der Waals surface area contributed by atoms with Crippen LogP contribution in [0.3, 0.4) is 0 Å². The molecule has 0 spiro atoms. The zero-order valence-corrected chi connectivity index (χ0v) is 9.59. The summed E-state index contributed by atoms with van der Waals surface area (Å²) in [5, 5.41) is 0. The molecule has 1 rings (SSSR count). The van der Waals surface area contributed by atoms with Crippen LogP contribution in [0.4, 0.5) is 13.6 Å². The number of likely N-dealkylation sites (tertiary alicyclic amines) is 1. The number of ether oxygens (including phenoxy) is 1. The molecule has 1 fully saturated rings. The van der Waals surface area contributed by atoms with Gasteiger partial charge in [-0.05, 0) is 20.8 Å². The summed E-state index contributed by atoms with van der Waals surface area (Å²) in [6.45, 7) is 4.21. The molecular formula is C11H15F2NO2. The Morgan fingerprint density at radius 1 is 1.56 bits per heavy atom. The highest BCUT2D eigenvalue weighted by atomic mass is 19.3. The Morgan fingerprint density at radius 3 is 2.50 bits per heavy atom. The fourth-order valence-corrected chi connectivity index (χ4v) is 1.42. The van der Waals surface area contributed by atoms with Crippen LogP contribution in [0, 0.1) is 18.3 Å². The lowest BCUT2D eigenvalue weighted by Gasteiger charge is -2.24. The van der Waals surface area contributed by atoms with E-state index in [0.29, 0.717) is 0 Å². The highest BCUT2D eigenvalue weighted by molar-refractivity contribution is 5.68. The monoisotopic (exact) mass is 231 g/mol. The van der Waals surface area contributed by atoms with E-state index in [1.807, 2.05) is 5.92 Å². The number of alkyl halides is 2. The maximum atomic E-state index is 13.3. The normalized spacial score (nSPS) is 24.0. The van der Waals surface area contributed by atoms with Gasteiger partial charge >= 0.3 is 6.09 Å². The first kappa shape index (κ1) is 12.8. The van der Waals surface area contributed by atoms with Crippen LogP contribution < -0.4 is 0 Å². The summed E-state index contributed by atoms with van der Waals surface area (Å²) >= 11 is 0. The predicted molar refractivity (Wildman–Crippen MR) is 55.1 cm³/mol. The molecule has 1 amide bonds. The van der Waals surface area contributed by atoms with Crippen molar-refractivity contribution in [3.8, 4) is 12.3 Å². The lowest BCUT2D eigenvalue weighted by molar-refractivity contribution is -0.0156. The Kier molecular flexibility index (Phi) is 3.13. The molecule has 5 heteroatoms. The molecule has 0 N–H and O–H groups in total. The van der Waals surface area contributed by atoms with Gasteiger partial charge in [-0.15, -0.1) is 6.42 Å². The van der Waals surface area contributed by atoms with Crippen LogP contribution in [0.5, 0.6) is 0 Å². The van der Waals surface area contributed by atoms with Gasteiger partial charge in [0.25, 0.3) is 5.92 Å². The Hall–Kier alpha value is -1.31. The third kappa shape index (κ3) is 2.84. The average molecular weight is 231 g/mol. The largest absolute Gasteiger partial charge is 0.444 e. The third-order valence-electron chi connectivity index (χ3n) is 2.17. The van der Waals surface area contributed by atoms with Gasteiger partial charge in [-0.3, -0.25) is 0 Å². The fourth-order valence-electron chi connectivity index (χ4n) is 1.42. The summed E-state index contributed by atoms with van der Waals surface area (Å²) in [5.41, 5.74) is -0.694. The maximum absolute atomic E-state index is 13.3. The molecule has 90 valence electrons. The predicted octanol–water partition coefficient (Wildman–Crippen LogP) is 2.12. The lowest BCUT2D eigenvalue weighted by Crippen LogP contribution is -2.36. The molecule has 1 heterocycles. The van der Waals surface area contributed by atoms with Crippen molar-refractivity contribution in [1.82, 2.24) is 4.90 Å². The van der Waals surface area contributed by atoms with E-state index in [2.05, 4.69) is 0 Å². The number of hydrogen-bond donors (Lipinski definition) is 0. The van der Waals surface area contributed by atoms with Crippen molar-refractivity contribution in [2.75, 3.05) is 13.1 Å². The van der Waals surface area contributed by atoms with Crippen LogP contribution in [0.1, 0.15) is 20.8 Å². The Balaban J connectivity index is 2.66. The minimum Gasteiger partial charge on any atom is -0.444 e. The quantitative estimate of drug-likeness (QED) is 0.598. The maximum Gasteiger partial charge on any atom is 0.410 e.